The monoisotopic (exact) mass is 220 g/mol. The van der Waals surface area contributed by atoms with Gasteiger partial charge < -0.3 is 20.1 Å². The number of nitrogens with two attached hydrogens (primary N) is 1. The third-order valence-electron chi connectivity index (χ3n) is 2.32. The molecule has 5 heteroatoms. The molecule has 1 aromatic carbocycles. The van der Waals surface area contributed by atoms with Crippen LogP contribution in [0.25, 0.3) is 11.3 Å². The Morgan fingerprint density at radius 1 is 1.38 bits per heavy atom. The summed E-state index contributed by atoms with van der Waals surface area (Å²) in [5.74, 6) is 1.01. The van der Waals surface area contributed by atoms with Gasteiger partial charge in [0.15, 0.2) is 0 Å². The van der Waals surface area contributed by atoms with E-state index in [2.05, 4.69) is 5.16 Å². The maximum absolute atomic E-state index is 9.64. The summed E-state index contributed by atoms with van der Waals surface area (Å²) in [5.41, 5.74) is 7.35. The van der Waals surface area contributed by atoms with Crippen LogP contribution in [0.15, 0.2) is 22.7 Å². The maximum Gasteiger partial charge on any atom is 0.222 e. The molecule has 5 nitrogen and oxygen atoms in total. The van der Waals surface area contributed by atoms with E-state index >= 15 is 0 Å². The highest BCUT2D eigenvalue weighted by Gasteiger charge is 2.13. The number of phenolic OH excluding ortho intramolecular Hbond substituents is 1. The summed E-state index contributed by atoms with van der Waals surface area (Å²) in [6, 6.07) is 4.88. The van der Waals surface area contributed by atoms with E-state index < -0.39 is 0 Å². The van der Waals surface area contributed by atoms with Crippen LogP contribution >= 0.6 is 0 Å². The molecule has 0 fully saturated rings. The van der Waals surface area contributed by atoms with E-state index in [-0.39, 0.29) is 11.6 Å². The van der Waals surface area contributed by atoms with E-state index in [1.807, 2.05) is 0 Å². The molecular formula is C11H12N2O3. The van der Waals surface area contributed by atoms with E-state index in [1.165, 1.54) is 0 Å². The van der Waals surface area contributed by atoms with Crippen LogP contribution < -0.4 is 10.5 Å². The first-order chi connectivity index (χ1) is 7.61. The number of hydrogen-bond acceptors (Lipinski definition) is 5. The molecule has 0 saturated heterocycles. The predicted molar refractivity (Wildman–Crippen MR) is 59.3 cm³/mol. The molecule has 0 aliphatic rings. The number of rotatable bonds is 2. The lowest BCUT2D eigenvalue weighted by atomic mass is 10.1. The van der Waals surface area contributed by atoms with Gasteiger partial charge >= 0.3 is 0 Å². The number of hydrogen-bond donors (Lipinski definition) is 2. The van der Waals surface area contributed by atoms with Gasteiger partial charge in [-0.25, -0.2) is 0 Å². The van der Waals surface area contributed by atoms with Crippen LogP contribution in [0.5, 0.6) is 11.5 Å². The molecule has 2 rings (SSSR count). The first-order valence-corrected chi connectivity index (χ1v) is 4.72. The lowest BCUT2D eigenvalue weighted by molar-refractivity contribution is 0.411. The molecule has 0 aliphatic carbocycles. The Bertz CT molecular complexity index is 520. The average Bonchev–Trinajstić information content (AvgIpc) is 2.68. The number of nitrogens with zero attached hydrogens (tertiary/aromatic N) is 1. The van der Waals surface area contributed by atoms with E-state index in [9.17, 15) is 5.11 Å². The highest BCUT2D eigenvalue weighted by Crippen LogP contribution is 2.35. The Morgan fingerprint density at radius 2 is 2.12 bits per heavy atom. The van der Waals surface area contributed by atoms with Crippen molar-refractivity contribution in [3.05, 3.63) is 23.8 Å². The van der Waals surface area contributed by atoms with Crippen LogP contribution in [-0.2, 0) is 0 Å². The molecule has 0 spiro atoms. The topological polar surface area (TPSA) is 81.5 Å². The van der Waals surface area contributed by atoms with E-state index in [0.717, 1.165) is 5.56 Å². The molecule has 0 amide bonds. The van der Waals surface area contributed by atoms with Crippen molar-refractivity contribution >= 4 is 5.88 Å². The minimum Gasteiger partial charge on any atom is -0.508 e. The van der Waals surface area contributed by atoms with Gasteiger partial charge in [-0.1, -0.05) is 5.16 Å². The number of nitrogen functional groups attached to an aromatic ring is 1. The summed E-state index contributed by atoms with van der Waals surface area (Å²) >= 11 is 0. The van der Waals surface area contributed by atoms with Crippen LogP contribution in [-0.4, -0.2) is 17.4 Å². The van der Waals surface area contributed by atoms with Crippen LogP contribution in [0.1, 0.15) is 5.56 Å². The lowest BCUT2D eigenvalue weighted by Crippen LogP contribution is -1.89. The third-order valence-corrected chi connectivity index (χ3v) is 2.32. The number of aromatic nitrogens is 1. The Labute approximate surface area is 92.4 Å². The molecule has 0 saturated carbocycles. The van der Waals surface area contributed by atoms with Gasteiger partial charge in [-0.3, -0.25) is 0 Å². The molecule has 0 radical (unpaired) electrons. The zero-order valence-corrected chi connectivity index (χ0v) is 9.02. The minimum absolute atomic E-state index is 0.178. The summed E-state index contributed by atoms with van der Waals surface area (Å²) in [6.07, 6.45) is 0. The van der Waals surface area contributed by atoms with E-state index in [4.69, 9.17) is 15.0 Å². The van der Waals surface area contributed by atoms with Crippen molar-refractivity contribution in [2.75, 3.05) is 12.8 Å². The summed E-state index contributed by atoms with van der Waals surface area (Å²) < 4.78 is 9.99. The Balaban J connectivity index is 2.59. The fraction of sp³-hybridized carbons (Fsp3) is 0.182. The normalized spacial score (nSPS) is 10.4. The zero-order chi connectivity index (χ0) is 11.7. The summed E-state index contributed by atoms with van der Waals surface area (Å²) in [5, 5.41) is 13.4. The standard InChI is InChI=1S/C11H12N2O3/c1-6-3-10(15-2)7(4-9(6)14)8-5-11(12)16-13-8/h3-5,14H,12H2,1-2H3. The average molecular weight is 220 g/mol. The van der Waals surface area contributed by atoms with Crippen LogP contribution in [0.4, 0.5) is 5.88 Å². The molecule has 0 bridgehead atoms. The first-order valence-electron chi connectivity index (χ1n) is 4.72. The van der Waals surface area contributed by atoms with E-state index in [0.29, 0.717) is 17.0 Å². The number of aromatic hydroxyl groups is 1. The van der Waals surface area contributed by atoms with Crippen molar-refractivity contribution in [1.82, 2.24) is 5.16 Å². The number of phenols is 1. The quantitative estimate of drug-likeness (QED) is 0.808. The molecule has 1 aromatic heterocycles. The molecule has 16 heavy (non-hydrogen) atoms. The molecule has 3 N–H and O–H groups in total. The minimum atomic E-state index is 0.178. The van der Waals surface area contributed by atoms with Crippen molar-refractivity contribution in [2.24, 2.45) is 0 Å². The van der Waals surface area contributed by atoms with Crippen molar-refractivity contribution in [3.63, 3.8) is 0 Å². The Hall–Kier alpha value is -2.17. The van der Waals surface area contributed by atoms with Crippen molar-refractivity contribution in [3.8, 4) is 22.8 Å². The third kappa shape index (κ3) is 1.67. The van der Waals surface area contributed by atoms with E-state index in [1.54, 1.807) is 32.2 Å². The molecule has 84 valence electrons. The largest absolute Gasteiger partial charge is 0.508 e. The van der Waals surface area contributed by atoms with Crippen LogP contribution in [0, 0.1) is 6.92 Å². The first kappa shape index (κ1) is 10.4. The highest BCUT2D eigenvalue weighted by atomic mass is 16.5. The zero-order valence-electron chi connectivity index (χ0n) is 9.02. The van der Waals surface area contributed by atoms with Crippen molar-refractivity contribution in [1.29, 1.82) is 0 Å². The van der Waals surface area contributed by atoms with Crippen molar-refractivity contribution < 1.29 is 14.4 Å². The number of benzene rings is 1. The second kappa shape index (κ2) is 3.77. The fourth-order valence-electron chi connectivity index (χ4n) is 1.46. The number of methoxy groups -OCH3 is 1. The fourth-order valence-corrected chi connectivity index (χ4v) is 1.46. The van der Waals surface area contributed by atoms with Gasteiger partial charge in [0.05, 0.1) is 7.11 Å². The molecule has 0 unspecified atom stereocenters. The second-order valence-corrected chi connectivity index (χ2v) is 3.45. The van der Waals surface area contributed by atoms with Crippen LogP contribution in [0.2, 0.25) is 0 Å². The van der Waals surface area contributed by atoms with Gasteiger partial charge in [0.25, 0.3) is 0 Å². The van der Waals surface area contributed by atoms with Gasteiger partial charge in [-0.15, -0.1) is 0 Å². The predicted octanol–water partition coefficient (Wildman–Crippen LogP) is 1.95. The molecular weight excluding hydrogens is 208 g/mol. The Morgan fingerprint density at radius 3 is 2.69 bits per heavy atom. The van der Waals surface area contributed by atoms with Gasteiger partial charge in [-0.2, -0.15) is 0 Å². The Kier molecular flexibility index (Phi) is 2.44. The molecule has 1 heterocycles. The molecule has 0 atom stereocenters. The number of aryl methyl sites for hydroxylation is 1. The lowest BCUT2D eigenvalue weighted by Gasteiger charge is -2.08. The SMILES string of the molecule is COc1cc(C)c(O)cc1-c1cc(N)on1. The van der Waals surface area contributed by atoms with Crippen LogP contribution in [0.3, 0.4) is 0 Å². The molecule has 0 aliphatic heterocycles. The van der Waals surface area contributed by atoms with Gasteiger partial charge in [-0.05, 0) is 24.6 Å². The summed E-state index contributed by atoms with van der Waals surface area (Å²) in [7, 11) is 1.55. The van der Waals surface area contributed by atoms with Gasteiger partial charge in [0.1, 0.15) is 17.2 Å². The second-order valence-electron chi connectivity index (χ2n) is 3.45. The van der Waals surface area contributed by atoms with Gasteiger partial charge in [0, 0.05) is 11.6 Å². The van der Waals surface area contributed by atoms with Gasteiger partial charge in [0.2, 0.25) is 5.88 Å². The summed E-state index contributed by atoms with van der Waals surface area (Å²) in [6.45, 7) is 1.79. The van der Waals surface area contributed by atoms with Crippen molar-refractivity contribution in [2.45, 2.75) is 6.92 Å². The smallest absolute Gasteiger partial charge is 0.222 e. The molecule has 2 aromatic rings. The summed E-state index contributed by atoms with van der Waals surface area (Å²) in [4.78, 5) is 0. The number of anilines is 1. The highest BCUT2D eigenvalue weighted by molar-refractivity contribution is 5.71. The maximum atomic E-state index is 9.64. The number of ether oxygens (including phenoxy) is 1.